The number of carboxylic acid groups (broad SMARTS) is 1. The smallest absolute Gasteiger partial charge is 0.321 e. The van der Waals surface area contributed by atoms with E-state index in [9.17, 15) is 13.2 Å². The maximum absolute atomic E-state index is 11.5. The van der Waals surface area contributed by atoms with Crippen molar-refractivity contribution in [3.05, 3.63) is 0 Å². The van der Waals surface area contributed by atoms with Crippen molar-refractivity contribution in [3.8, 4) is 0 Å². The Morgan fingerprint density at radius 3 is 2.38 bits per heavy atom. The van der Waals surface area contributed by atoms with Crippen LogP contribution >= 0.6 is 0 Å². The van der Waals surface area contributed by atoms with Crippen LogP contribution in [0.25, 0.3) is 0 Å². The van der Waals surface area contributed by atoms with Gasteiger partial charge in [0.2, 0.25) is 0 Å². The van der Waals surface area contributed by atoms with E-state index in [1.165, 1.54) is 0 Å². The molecule has 94 valence electrons. The Bertz CT molecular complexity index is 349. The number of hydrogen-bond donors (Lipinski definition) is 3. The molecule has 0 heterocycles. The van der Waals surface area contributed by atoms with Crippen LogP contribution in [0.15, 0.2) is 0 Å². The van der Waals surface area contributed by atoms with E-state index in [0.29, 0.717) is 0 Å². The largest absolute Gasteiger partial charge is 0.480 e. The molecule has 0 bridgehead atoms. The second-order valence-corrected chi connectivity index (χ2v) is 6.01. The van der Waals surface area contributed by atoms with Gasteiger partial charge >= 0.3 is 5.97 Å². The third kappa shape index (κ3) is 4.91. The van der Waals surface area contributed by atoms with E-state index in [4.69, 9.17) is 5.11 Å². The first-order valence-electron chi connectivity index (χ1n) is 5.32. The predicted octanol–water partition coefficient (Wildman–Crippen LogP) is 0.0721. The van der Waals surface area contributed by atoms with Crippen molar-refractivity contribution < 1.29 is 18.3 Å². The average molecular weight is 250 g/mol. The molecule has 0 spiro atoms. The summed E-state index contributed by atoms with van der Waals surface area (Å²) >= 11 is 0. The predicted molar refractivity (Wildman–Crippen MR) is 59.1 cm³/mol. The minimum absolute atomic E-state index is 0.0222. The van der Waals surface area contributed by atoms with Crippen LogP contribution in [-0.4, -0.2) is 31.6 Å². The van der Waals surface area contributed by atoms with Gasteiger partial charge in [-0.1, -0.05) is 13.8 Å². The Hall–Kier alpha value is -0.660. The number of hydrogen-bond acceptors (Lipinski definition) is 3. The number of rotatable bonds is 7. The van der Waals surface area contributed by atoms with Crippen LogP contribution in [-0.2, 0) is 15.0 Å². The summed E-state index contributed by atoms with van der Waals surface area (Å²) in [5, 5.41) is 8.88. The van der Waals surface area contributed by atoms with Gasteiger partial charge in [-0.05, 0) is 25.2 Å². The molecule has 16 heavy (non-hydrogen) atoms. The summed E-state index contributed by atoms with van der Waals surface area (Å²) < 4.78 is 27.5. The zero-order valence-electron chi connectivity index (χ0n) is 9.43. The van der Waals surface area contributed by atoms with Gasteiger partial charge in [-0.25, -0.2) is 0 Å². The topological polar surface area (TPSA) is 95.5 Å². The molecule has 0 radical (unpaired) electrons. The van der Waals surface area contributed by atoms with Crippen molar-refractivity contribution in [2.45, 2.75) is 45.2 Å². The Morgan fingerprint density at radius 1 is 1.44 bits per heavy atom. The highest BCUT2D eigenvalue weighted by atomic mass is 32.2. The number of aliphatic carboxylic acids is 1. The zero-order chi connectivity index (χ0) is 12.3. The van der Waals surface area contributed by atoms with E-state index in [2.05, 4.69) is 9.44 Å². The lowest BCUT2D eigenvalue weighted by Crippen LogP contribution is -2.47. The quantitative estimate of drug-likeness (QED) is 0.596. The molecule has 1 unspecified atom stereocenters. The summed E-state index contributed by atoms with van der Waals surface area (Å²) in [6, 6.07) is -1.08. The van der Waals surface area contributed by atoms with E-state index in [1.807, 2.05) is 13.8 Å². The Kier molecular flexibility index (Phi) is 4.28. The Balaban J connectivity index is 2.55. The molecule has 1 fully saturated rings. The minimum atomic E-state index is -3.69. The van der Waals surface area contributed by atoms with E-state index in [-0.39, 0.29) is 18.4 Å². The van der Waals surface area contributed by atoms with E-state index >= 15 is 0 Å². The number of nitrogens with one attached hydrogen (secondary N) is 2. The molecule has 1 aliphatic carbocycles. The number of carboxylic acids is 1. The van der Waals surface area contributed by atoms with Crippen molar-refractivity contribution in [1.29, 1.82) is 0 Å². The lowest BCUT2D eigenvalue weighted by atomic mass is 10.1. The van der Waals surface area contributed by atoms with Crippen molar-refractivity contribution in [2.75, 3.05) is 0 Å². The summed E-state index contributed by atoms with van der Waals surface area (Å²) in [6.07, 6.45) is 1.92. The molecule has 0 aromatic rings. The van der Waals surface area contributed by atoms with Gasteiger partial charge in [0.1, 0.15) is 6.04 Å². The fourth-order valence-corrected chi connectivity index (χ4v) is 2.63. The first-order valence-corrected chi connectivity index (χ1v) is 6.81. The van der Waals surface area contributed by atoms with Crippen LogP contribution in [0.3, 0.4) is 0 Å². The molecule has 0 aromatic carbocycles. The number of carbonyl (C=O) groups is 1. The molecular formula is C9H18N2O4S. The molecular weight excluding hydrogens is 232 g/mol. The third-order valence-electron chi connectivity index (χ3n) is 2.20. The van der Waals surface area contributed by atoms with Crippen molar-refractivity contribution in [2.24, 2.45) is 5.92 Å². The van der Waals surface area contributed by atoms with E-state index in [0.717, 1.165) is 12.8 Å². The first kappa shape index (κ1) is 13.4. The van der Waals surface area contributed by atoms with Gasteiger partial charge in [-0.15, -0.1) is 0 Å². The van der Waals surface area contributed by atoms with Gasteiger partial charge in [0.15, 0.2) is 0 Å². The molecule has 1 saturated carbocycles. The Morgan fingerprint density at radius 2 is 2.00 bits per heavy atom. The second-order valence-electron chi connectivity index (χ2n) is 4.53. The normalized spacial score (nSPS) is 18.7. The monoisotopic (exact) mass is 250 g/mol. The molecule has 1 aliphatic rings. The fraction of sp³-hybridized carbons (Fsp3) is 0.889. The summed E-state index contributed by atoms with van der Waals surface area (Å²) in [6.45, 7) is 3.69. The molecule has 7 heteroatoms. The van der Waals surface area contributed by atoms with Crippen LogP contribution in [0.5, 0.6) is 0 Å². The van der Waals surface area contributed by atoms with Gasteiger partial charge in [0.25, 0.3) is 10.2 Å². The van der Waals surface area contributed by atoms with Crippen LogP contribution in [0.1, 0.15) is 33.1 Å². The molecule has 3 N–H and O–H groups in total. The maximum Gasteiger partial charge on any atom is 0.321 e. The lowest BCUT2D eigenvalue weighted by molar-refractivity contribution is -0.139. The summed E-state index contributed by atoms with van der Waals surface area (Å²) in [7, 11) is -3.69. The minimum Gasteiger partial charge on any atom is -0.480 e. The standard InChI is InChI=1S/C9H18N2O4S/c1-6(2)5-8(9(12)13)11-16(14,15)10-7-3-4-7/h6-8,10-11H,3-5H2,1-2H3,(H,12,13). The maximum atomic E-state index is 11.5. The van der Waals surface area contributed by atoms with Crippen LogP contribution in [0.4, 0.5) is 0 Å². The SMILES string of the molecule is CC(C)CC(NS(=O)(=O)NC1CC1)C(=O)O. The second kappa shape index (κ2) is 5.11. The van der Waals surface area contributed by atoms with Gasteiger partial charge in [0, 0.05) is 6.04 Å². The molecule has 0 saturated heterocycles. The molecule has 1 atom stereocenters. The highest BCUT2D eigenvalue weighted by Crippen LogP contribution is 2.19. The first-order chi connectivity index (χ1) is 7.30. The third-order valence-corrected chi connectivity index (χ3v) is 3.44. The Labute approximate surface area is 95.6 Å². The molecule has 0 aromatic heterocycles. The average Bonchev–Trinajstić information content (AvgIpc) is 2.84. The molecule has 6 nitrogen and oxygen atoms in total. The summed E-state index contributed by atoms with van der Waals surface area (Å²) in [5.41, 5.74) is 0. The van der Waals surface area contributed by atoms with Crippen LogP contribution in [0, 0.1) is 5.92 Å². The molecule has 0 aliphatic heterocycles. The van der Waals surface area contributed by atoms with Crippen LogP contribution in [0.2, 0.25) is 0 Å². The van der Waals surface area contributed by atoms with E-state index in [1.54, 1.807) is 0 Å². The molecule has 1 rings (SSSR count). The van der Waals surface area contributed by atoms with Gasteiger partial charge < -0.3 is 5.11 Å². The highest BCUT2D eigenvalue weighted by Gasteiger charge is 2.30. The van der Waals surface area contributed by atoms with Crippen molar-refractivity contribution in [3.63, 3.8) is 0 Å². The van der Waals surface area contributed by atoms with Gasteiger partial charge in [-0.2, -0.15) is 17.9 Å². The van der Waals surface area contributed by atoms with Crippen LogP contribution < -0.4 is 9.44 Å². The lowest BCUT2D eigenvalue weighted by Gasteiger charge is -2.16. The molecule has 0 amide bonds. The van der Waals surface area contributed by atoms with E-state index < -0.39 is 22.2 Å². The summed E-state index contributed by atoms with van der Waals surface area (Å²) in [5.74, 6) is -1.03. The van der Waals surface area contributed by atoms with Crippen molar-refractivity contribution in [1.82, 2.24) is 9.44 Å². The highest BCUT2D eigenvalue weighted by molar-refractivity contribution is 7.87. The summed E-state index contributed by atoms with van der Waals surface area (Å²) in [4.78, 5) is 10.9. The van der Waals surface area contributed by atoms with Gasteiger partial charge in [0.05, 0.1) is 0 Å². The fourth-order valence-electron chi connectivity index (χ4n) is 1.31. The van der Waals surface area contributed by atoms with Crippen molar-refractivity contribution >= 4 is 16.2 Å². The van der Waals surface area contributed by atoms with Gasteiger partial charge in [-0.3, -0.25) is 4.79 Å². The zero-order valence-corrected chi connectivity index (χ0v) is 10.3.